The van der Waals surface area contributed by atoms with E-state index >= 15 is 0 Å². The maximum Gasteiger partial charge on any atom is 0.276 e. The van der Waals surface area contributed by atoms with Crippen LogP contribution in [0, 0.1) is 13.8 Å². The lowest BCUT2D eigenvalue weighted by atomic mass is 10.1. The van der Waals surface area contributed by atoms with Gasteiger partial charge in [-0.05, 0) is 61.4 Å². The van der Waals surface area contributed by atoms with Gasteiger partial charge in [0.2, 0.25) is 0 Å². The minimum atomic E-state index is -0.300. The average Bonchev–Trinajstić information content (AvgIpc) is 2.62. The highest BCUT2D eigenvalue weighted by molar-refractivity contribution is 6.02. The molecule has 0 bridgehead atoms. The maximum absolute atomic E-state index is 12.4. The first kappa shape index (κ1) is 17.4. The Kier molecular flexibility index (Phi) is 5.12. The molecule has 0 aliphatic rings. The number of benzene rings is 2. The number of ether oxygens (including phenoxy) is 1. The molecule has 1 heterocycles. The van der Waals surface area contributed by atoms with Crippen molar-refractivity contribution >= 4 is 23.1 Å². The third-order valence-corrected chi connectivity index (χ3v) is 3.75. The number of hydrogen-bond donors (Lipinski definition) is 2. The van der Waals surface area contributed by atoms with E-state index in [4.69, 9.17) is 4.74 Å². The molecule has 26 heavy (non-hydrogen) atoms. The van der Waals surface area contributed by atoms with Crippen LogP contribution in [-0.4, -0.2) is 23.2 Å². The van der Waals surface area contributed by atoms with E-state index in [1.165, 1.54) is 0 Å². The number of methoxy groups -OCH3 is 1. The summed E-state index contributed by atoms with van der Waals surface area (Å²) in [5.74, 6) is 0.926. The number of aryl methyl sites for hydroxylation is 2. The Morgan fingerprint density at radius 2 is 1.69 bits per heavy atom. The van der Waals surface area contributed by atoms with Gasteiger partial charge in [0.25, 0.3) is 5.91 Å². The third kappa shape index (κ3) is 4.16. The van der Waals surface area contributed by atoms with Crippen LogP contribution < -0.4 is 15.4 Å². The zero-order valence-electron chi connectivity index (χ0n) is 14.9. The lowest BCUT2D eigenvalue weighted by molar-refractivity contribution is 0.102. The molecule has 0 unspecified atom stereocenters. The van der Waals surface area contributed by atoms with Crippen LogP contribution in [0.5, 0.6) is 5.75 Å². The summed E-state index contributed by atoms with van der Waals surface area (Å²) in [6.45, 7) is 3.97. The number of nitrogens with zero attached hydrogens (tertiary/aromatic N) is 2. The number of hydrogen-bond acceptors (Lipinski definition) is 5. The molecule has 3 rings (SSSR count). The van der Waals surface area contributed by atoms with Gasteiger partial charge in [-0.2, -0.15) is 0 Å². The second kappa shape index (κ2) is 7.65. The van der Waals surface area contributed by atoms with Crippen molar-refractivity contribution in [3.8, 4) is 5.75 Å². The van der Waals surface area contributed by atoms with Crippen molar-refractivity contribution in [2.24, 2.45) is 0 Å². The standard InChI is InChI=1S/C20H20N4O2/c1-13-10-14(2)12-15(11-13)21-20(25)17-8-9-19(24-23-17)22-16-6-4-5-7-18(16)26-3/h4-12H,1-3H3,(H,21,25)(H,22,24). The van der Waals surface area contributed by atoms with Crippen molar-refractivity contribution < 1.29 is 9.53 Å². The highest BCUT2D eigenvalue weighted by Gasteiger charge is 2.10. The van der Waals surface area contributed by atoms with Crippen LogP contribution in [-0.2, 0) is 0 Å². The van der Waals surface area contributed by atoms with Gasteiger partial charge in [0.15, 0.2) is 11.5 Å². The largest absolute Gasteiger partial charge is 0.495 e. The number of rotatable bonds is 5. The van der Waals surface area contributed by atoms with E-state index in [1.54, 1.807) is 19.2 Å². The van der Waals surface area contributed by atoms with Crippen LogP contribution in [0.2, 0.25) is 0 Å². The summed E-state index contributed by atoms with van der Waals surface area (Å²) in [7, 11) is 1.60. The molecule has 0 fully saturated rings. The number of para-hydroxylation sites is 2. The summed E-state index contributed by atoms with van der Waals surface area (Å²) in [6.07, 6.45) is 0. The van der Waals surface area contributed by atoms with Crippen LogP contribution >= 0.6 is 0 Å². The van der Waals surface area contributed by atoms with Gasteiger partial charge >= 0.3 is 0 Å². The molecule has 6 heteroatoms. The van der Waals surface area contributed by atoms with E-state index < -0.39 is 0 Å². The van der Waals surface area contributed by atoms with Crippen molar-refractivity contribution in [1.82, 2.24) is 10.2 Å². The minimum Gasteiger partial charge on any atom is -0.495 e. The van der Waals surface area contributed by atoms with Gasteiger partial charge in [-0.25, -0.2) is 0 Å². The van der Waals surface area contributed by atoms with Crippen LogP contribution in [0.3, 0.4) is 0 Å². The Hall–Kier alpha value is -3.41. The van der Waals surface area contributed by atoms with Crippen LogP contribution in [0.15, 0.2) is 54.6 Å². The van der Waals surface area contributed by atoms with Gasteiger partial charge in [0.1, 0.15) is 5.75 Å². The molecule has 0 saturated carbocycles. The summed E-state index contributed by atoms with van der Waals surface area (Å²) < 4.78 is 5.29. The number of carbonyl (C=O) groups is 1. The molecule has 0 radical (unpaired) electrons. The molecule has 0 saturated heterocycles. The van der Waals surface area contributed by atoms with Crippen LogP contribution in [0.25, 0.3) is 0 Å². The number of nitrogens with one attached hydrogen (secondary N) is 2. The first-order valence-corrected chi connectivity index (χ1v) is 8.18. The molecule has 3 aromatic rings. The Morgan fingerprint density at radius 3 is 2.35 bits per heavy atom. The second-order valence-electron chi connectivity index (χ2n) is 5.96. The van der Waals surface area contributed by atoms with E-state index in [1.807, 2.05) is 56.3 Å². The van der Waals surface area contributed by atoms with Gasteiger partial charge in [0, 0.05) is 5.69 Å². The number of anilines is 3. The number of aromatic nitrogens is 2. The van der Waals surface area contributed by atoms with Crippen molar-refractivity contribution in [2.75, 3.05) is 17.7 Å². The van der Waals surface area contributed by atoms with E-state index in [-0.39, 0.29) is 11.6 Å². The first-order chi connectivity index (χ1) is 12.5. The predicted octanol–water partition coefficient (Wildman–Crippen LogP) is 4.10. The molecule has 132 valence electrons. The summed E-state index contributed by atoms with van der Waals surface area (Å²) in [5.41, 5.74) is 3.93. The summed E-state index contributed by atoms with van der Waals surface area (Å²) in [4.78, 5) is 12.4. The molecule has 6 nitrogen and oxygen atoms in total. The average molecular weight is 348 g/mol. The molecule has 1 aromatic heterocycles. The molecule has 2 N–H and O–H groups in total. The lowest BCUT2D eigenvalue weighted by Crippen LogP contribution is -2.14. The highest BCUT2D eigenvalue weighted by atomic mass is 16.5. The van der Waals surface area contributed by atoms with Gasteiger partial charge in [-0.15, -0.1) is 10.2 Å². The number of carbonyl (C=O) groups excluding carboxylic acids is 1. The first-order valence-electron chi connectivity index (χ1n) is 8.18. The topological polar surface area (TPSA) is 76.1 Å². The molecule has 0 spiro atoms. The molecule has 0 aliphatic heterocycles. The maximum atomic E-state index is 12.4. The van der Waals surface area contributed by atoms with E-state index in [0.29, 0.717) is 11.6 Å². The smallest absolute Gasteiger partial charge is 0.276 e. The predicted molar refractivity (Wildman–Crippen MR) is 102 cm³/mol. The zero-order chi connectivity index (χ0) is 18.5. The zero-order valence-corrected chi connectivity index (χ0v) is 14.9. The molecule has 1 amide bonds. The fourth-order valence-corrected chi connectivity index (χ4v) is 2.65. The fraction of sp³-hybridized carbons (Fsp3) is 0.150. The third-order valence-electron chi connectivity index (χ3n) is 3.75. The Bertz CT molecular complexity index is 903. The molecular formula is C20H20N4O2. The van der Waals surface area contributed by atoms with Crippen LogP contribution in [0.4, 0.5) is 17.2 Å². The molecule has 0 aliphatic carbocycles. The SMILES string of the molecule is COc1ccccc1Nc1ccc(C(=O)Nc2cc(C)cc(C)c2)nn1. The highest BCUT2D eigenvalue weighted by Crippen LogP contribution is 2.25. The summed E-state index contributed by atoms with van der Waals surface area (Å²) in [5, 5.41) is 14.0. The summed E-state index contributed by atoms with van der Waals surface area (Å²) >= 11 is 0. The second-order valence-corrected chi connectivity index (χ2v) is 5.96. The van der Waals surface area contributed by atoms with E-state index in [9.17, 15) is 4.79 Å². The monoisotopic (exact) mass is 348 g/mol. The van der Waals surface area contributed by atoms with E-state index in [0.717, 1.165) is 22.5 Å². The van der Waals surface area contributed by atoms with Crippen LogP contribution in [0.1, 0.15) is 21.6 Å². The molecule has 0 atom stereocenters. The number of amides is 1. The van der Waals surface area contributed by atoms with Gasteiger partial charge in [-0.1, -0.05) is 18.2 Å². The normalized spacial score (nSPS) is 10.3. The van der Waals surface area contributed by atoms with Crippen molar-refractivity contribution in [1.29, 1.82) is 0 Å². The Balaban J connectivity index is 1.71. The van der Waals surface area contributed by atoms with Gasteiger partial charge in [-0.3, -0.25) is 4.79 Å². The summed E-state index contributed by atoms with van der Waals surface area (Å²) in [6, 6.07) is 16.7. The van der Waals surface area contributed by atoms with Gasteiger partial charge < -0.3 is 15.4 Å². The lowest BCUT2D eigenvalue weighted by Gasteiger charge is -2.10. The van der Waals surface area contributed by atoms with Crippen molar-refractivity contribution in [2.45, 2.75) is 13.8 Å². The minimum absolute atomic E-state index is 0.245. The quantitative estimate of drug-likeness (QED) is 0.726. The van der Waals surface area contributed by atoms with Crippen molar-refractivity contribution in [3.63, 3.8) is 0 Å². The molecule has 2 aromatic carbocycles. The Labute approximate surface area is 152 Å². The van der Waals surface area contributed by atoms with E-state index in [2.05, 4.69) is 20.8 Å². The van der Waals surface area contributed by atoms with Gasteiger partial charge in [0.05, 0.1) is 12.8 Å². The fourth-order valence-electron chi connectivity index (χ4n) is 2.65. The Morgan fingerprint density at radius 1 is 0.962 bits per heavy atom. The molecular weight excluding hydrogens is 328 g/mol. The van der Waals surface area contributed by atoms with Crippen molar-refractivity contribution in [3.05, 3.63) is 71.4 Å².